The standard InChI is InChI=1S/C17H23ClN2O2/c1-13-4-3-11-20(12-13)16(21)5-2-10-19-17(22)14-6-8-15(18)9-7-14/h6-9,13H,2-5,10-12H2,1H3,(H,19,22)/t13-/m1/s1. The highest BCUT2D eigenvalue weighted by molar-refractivity contribution is 6.30. The molecule has 1 saturated heterocycles. The van der Waals surface area contributed by atoms with Crippen molar-refractivity contribution < 1.29 is 9.59 Å². The van der Waals surface area contributed by atoms with Crippen LogP contribution in [0.5, 0.6) is 0 Å². The van der Waals surface area contributed by atoms with E-state index in [1.54, 1.807) is 24.3 Å². The Hall–Kier alpha value is -1.55. The van der Waals surface area contributed by atoms with Gasteiger partial charge in [0.05, 0.1) is 0 Å². The molecule has 5 heteroatoms. The highest BCUT2D eigenvalue weighted by Gasteiger charge is 2.20. The molecule has 0 spiro atoms. The molecule has 1 atom stereocenters. The second-order valence-electron chi connectivity index (χ2n) is 5.95. The molecule has 0 saturated carbocycles. The Labute approximate surface area is 136 Å². The van der Waals surface area contributed by atoms with Crippen molar-refractivity contribution >= 4 is 23.4 Å². The molecular weight excluding hydrogens is 300 g/mol. The molecule has 4 nitrogen and oxygen atoms in total. The van der Waals surface area contributed by atoms with Crippen molar-refractivity contribution in [3.8, 4) is 0 Å². The first-order valence-electron chi connectivity index (χ1n) is 7.88. The van der Waals surface area contributed by atoms with Crippen LogP contribution < -0.4 is 5.32 Å². The monoisotopic (exact) mass is 322 g/mol. The molecule has 1 N–H and O–H groups in total. The lowest BCUT2D eigenvalue weighted by Gasteiger charge is -2.31. The van der Waals surface area contributed by atoms with E-state index >= 15 is 0 Å². The predicted molar refractivity (Wildman–Crippen MR) is 88.0 cm³/mol. The molecule has 0 bridgehead atoms. The number of hydrogen-bond donors (Lipinski definition) is 1. The molecule has 0 unspecified atom stereocenters. The molecular formula is C17H23ClN2O2. The zero-order chi connectivity index (χ0) is 15.9. The van der Waals surface area contributed by atoms with E-state index in [-0.39, 0.29) is 11.8 Å². The maximum atomic E-state index is 12.1. The lowest BCUT2D eigenvalue weighted by molar-refractivity contribution is -0.132. The highest BCUT2D eigenvalue weighted by atomic mass is 35.5. The van der Waals surface area contributed by atoms with Crippen LogP contribution in [0.1, 0.15) is 43.0 Å². The molecule has 120 valence electrons. The number of nitrogens with zero attached hydrogens (tertiary/aromatic N) is 1. The molecule has 2 rings (SSSR count). The Balaban J connectivity index is 1.67. The van der Waals surface area contributed by atoms with Gasteiger partial charge in [-0.1, -0.05) is 18.5 Å². The van der Waals surface area contributed by atoms with Crippen LogP contribution in [0.25, 0.3) is 0 Å². The van der Waals surface area contributed by atoms with Crippen LogP contribution in [0.2, 0.25) is 5.02 Å². The van der Waals surface area contributed by atoms with Gasteiger partial charge in [0.1, 0.15) is 0 Å². The Morgan fingerprint density at radius 2 is 2.05 bits per heavy atom. The molecule has 1 aromatic carbocycles. The first kappa shape index (κ1) is 16.8. The van der Waals surface area contributed by atoms with Crippen LogP contribution in [-0.4, -0.2) is 36.3 Å². The molecule has 0 radical (unpaired) electrons. The molecule has 2 amide bonds. The Bertz CT molecular complexity index is 516. The van der Waals surface area contributed by atoms with Crippen LogP contribution >= 0.6 is 11.6 Å². The van der Waals surface area contributed by atoms with Crippen molar-refractivity contribution in [3.05, 3.63) is 34.9 Å². The fourth-order valence-corrected chi connectivity index (χ4v) is 2.84. The van der Waals surface area contributed by atoms with Gasteiger partial charge in [-0.2, -0.15) is 0 Å². The van der Waals surface area contributed by atoms with E-state index in [1.165, 1.54) is 6.42 Å². The van der Waals surface area contributed by atoms with E-state index in [4.69, 9.17) is 11.6 Å². The normalized spacial score (nSPS) is 18.1. The topological polar surface area (TPSA) is 49.4 Å². The van der Waals surface area contributed by atoms with Crippen LogP contribution in [0.15, 0.2) is 24.3 Å². The largest absolute Gasteiger partial charge is 0.352 e. The summed E-state index contributed by atoms with van der Waals surface area (Å²) in [5.74, 6) is 0.672. The third-order valence-electron chi connectivity index (χ3n) is 3.97. The average molecular weight is 323 g/mol. The van der Waals surface area contributed by atoms with Crippen molar-refractivity contribution in [2.24, 2.45) is 5.92 Å². The SMILES string of the molecule is C[C@@H]1CCCN(C(=O)CCCNC(=O)c2ccc(Cl)cc2)C1. The maximum Gasteiger partial charge on any atom is 0.251 e. The number of carbonyl (C=O) groups is 2. The number of amides is 2. The summed E-state index contributed by atoms with van der Waals surface area (Å²) in [5, 5.41) is 3.44. The van der Waals surface area contributed by atoms with E-state index in [1.807, 2.05) is 4.90 Å². The summed E-state index contributed by atoms with van der Waals surface area (Å²) in [6.45, 7) is 4.44. The molecule has 22 heavy (non-hydrogen) atoms. The van der Waals surface area contributed by atoms with Crippen molar-refractivity contribution in [1.82, 2.24) is 10.2 Å². The number of halogens is 1. The first-order valence-corrected chi connectivity index (χ1v) is 8.25. The van der Waals surface area contributed by atoms with Gasteiger partial charge in [-0.15, -0.1) is 0 Å². The van der Waals surface area contributed by atoms with Crippen LogP contribution in [-0.2, 0) is 4.79 Å². The van der Waals surface area contributed by atoms with Gasteiger partial charge in [-0.05, 0) is 49.4 Å². The van der Waals surface area contributed by atoms with E-state index in [2.05, 4.69) is 12.2 Å². The van der Waals surface area contributed by atoms with Crippen molar-refractivity contribution in [2.45, 2.75) is 32.6 Å². The second kappa shape index (κ2) is 8.18. The summed E-state index contributed by atoms with van der Waals surface area (Å²) >= 11 is 5.79. The number of benzene rings is 1. The average Bonchev–Trinajstić information content (AvgIpc) is 2.51. The molecule has 0 aliphatic carbocycles. The lowest BCUT2D eigenvalue weighted by atomic mass is 10.00. The number of piperidine rings is 1. The van der Waals surface area contributed by atoms with E-state index in [0.29, 0.717) is 35.9 Å². The van der Waals surface area contributed by atoms with Gasteiger partial charge in [0.25, 0.3) is 5.91 Å². The van der Waals surface area contributed by atoms with Gasteiger partial charge < -0.3 is 10.2 Å². The minimum absolute atomic E-state index is 0.129. The molecule has 1 aliphatic heterocycles. The summed E-state index contributed by atoms with van der Waals surface area (Å²) in [4.78, 5) is 25.9. The smallest absolute Gasteiger partial charge is 0.251 e. The molecule has 1 aromatic rings. The van der Waals surface area contributed by atoms with Gasteiger partial charge in [0.2, 0.25) is 5.91 Å². The fraction of sp³-hybridized carbons (Fsp3) is 0.529. The first-order chi connectivity index (χ1) is 10.6. The lowest BCUT2D eigenvalue weighted by Crippen LogP contribution is -2.39. The number of nitrogens with one attached hydrogen (secondary N) is 1. The van der Waals surface area contributed by atoms with Crippen molar-refractivity contribution in [2.75, 3.05) is 19.6 Å². The number of likely N-dealkylation sites (tertiary alicyclic amines) is 1. The Kier molecular flexibility index (Phi) is 6.25. The summed E-state index contributed by atoms with van der Waals surface area (Å²) in [6.07, 6.45) is 3.47. The van der Waals surface area contributed by atoms with Crippen LogP contribution in [0.4, 0.5) is 0 Å². The number of carbonyl (C=O) groups excluding carboxylic acids is 2. The quantitative estimate of drug-likeness (QED) is 0.847. The zero-order valence-corrected chi connectivity index (χ0v) is 13.7. The molecule has 1 aliphatic rings. The van der Waals surface area contributed by atoms with Gasteiger partial charge in [-0.3, -0.25) is 9.59 Å². The number of rotatable bonds is 5. The van der Waals surface area contributed by atoms with Crippen molar-refractivity contribution in [3.63, 3.8) is 0 Å². The van der Waals surface area contributed by atoms with E-state index in [0.717, 1.165) is 19.5 Å². The molecule has 0 aromatic heterocycles. The van der Waals surface area contributed by atoms with Gasteiger partial charge in [0.15, 0.2) is 0 Å². The minimum atomic E-state index is -0.129. The predicted octanol–water partition coefficient (Wildman–Crippen LogP) is 3.11. The summed E-state index contributed by atoms with van der Waals surface area (Å²) in [5.41, 5.74) is 0.584. The van der Waals surface area contributed by atoms with Gasteiger partial charge in [0, 0.05) is 36.6 Å². The van der Waals surface area contributed by atoms with Crippen molar-refractivity contribution in [1.29, 1.82) is 0 Å². The minimum Gasteiger partial charge on any atom is -0.352 e. The second-order valence-corrected chi connectivity index (χ2v) is 6.39. The number of hydrogen-bond acceptors (Lipinski definition) is 2. The maximum absolute atomic E-state index is 12.1. The fourth-order valence-electron chi connectivity index (χ4n) is 2.72. The molecule has 1 fully saturated rings. The van der Waals surface area contributed by atoms with Crippen LogP contribution in [0, 0.1) is 5.92 Å². The van der Waals surface area contributed by atoms with E-state index < -0.39 is 0 Å². The van der Waals surface area contributed by atoms with Gasteiger partial charge in [-0.25, -0.2) is 0 Å². The van der Waals surface area contributed by atoms with E-state index in [9.17, 15) is 9.59 Å². The summed E-state index contributed by atoms with van der Waals surface area (Å²) < 4.78 is 0. The third kappa shape index (κ3) is 5.02. The van der Waals surface area contributed by atoms with Gasteiger partial charge >= 0.3 is 0 Å². The third-order valence-corrected chi connectivity index (χ3v) is 4.22. The van der Waals surface area contributed by atoms with Crippen LogP contribution in [0.3, 0.4) is 0 Å². The summed E-state index contributed by atoms with van der Waals surface area (Å²) in [6, 6.07) is 6.77. The zero-order valence-electron chi connectivity index (χ0n) is 13.0. The summed E-state index contributed by atoms with van der Waals surface area (Å²) in [7, 11) is 0. The highest BCUT2D eigenvalue weighted by Crippen LogP contribution is 2.16. The Morgan fingerprint density at radius 3 is 2.73 bits per heavy atom. The Morgan fingerprint density at radius 1 is 1.32 bits per heavy atom. The molecule has 1 heterocycles.